The molecule has 0 atom stereocenters. The van der Waals surface area contributed by atoms with Gasteiger partial charge in [-0.1, -0.05) is 6.07 Å². The van der Waals surface area contributed by atoms with Gasteiger partial charge in [-0.25, -0.2) is 4.79 Å². The summed E-state index contributed by atoms with van der Waals surface area (Å²) in [6.07, 6.45) is 0. The normalized spacial score (nSPS) is 10.1. The van der Waals surface area contributed by atoms with Gasteiger partial charge in [0.05, 0.1) is 30.5 Å². The van der Waals surface area contributed by atoms with Crippen LogP contribution in [0.2, 0.25) is 0 Å². The van der Waals surface area contributed by atoms with Gasteiger partial charge in [0.25, 0.3) is 0 Å². The van der Waals surface area contributed by atoms with Crippen LogP contribution >= 0.6 is 11.8 Å². The molecule has 0 aliphatic heterocycles. The van der Waals surface area contributed by atoms with Crippen molar-refractivity contribution in [2.45, 2.75) is 5.75 Å². The van der Waals surface area contributed by atoms with Gasteiger partial charge < -0.3 is 14.2 Å². The molecule has 2 aromatic carbocycles. The Balaban J connectivity index is 1.86. The van der Waals surface area contributed by atoms with E-state index in [9.17, 15) is 19.7 Å². The van der Waals surface area contributed by atoms with Crippen molar-refractivity contribution in [3.63, 3.8) is 0 Å². The molecule has 0 N–H and O–H groups in total. The van der Waals surface area contributed by atoms with Crippen molar-refractivity contribution < 1.29 is 28.7 Å². The van der Waals surface area contributed by atoms with Crippen LogP contribution in [0, 0.1) is 10.1 Å². The minimum Gasteiger partial charge on any atom is -0.490 e. The number of esters is 2. The van der Waals surface area contributed by atoms with Crippen molar-refractivity contribution in [1.29, 1.82) is 0 Å². The number of hydrogen-bond acceptors (Lipinski definition) is 8. The minimum atomic E-state index is -0.515. The van der Waals surface area contributed by atoms with Crippen molar-refractivity contribution in [1.82, 2.24) is 0 Å². The summed E-state index contributed by atoms with van der Waals surface area (Å²) in [7, 11) is 2.65. The first-order valence-electron chi connectivity index (χ1n) is 7.72. The van der Waals surface area contributed by atoms with Crippen molar-refractivity contribution in [2.75, 3.05) is 20.0 Å². The second kappa shape index (κ2) is 9.58. The van der Waals surface area contributed by atoms with E-state index >= 15 is 0 Å². The van der Waals surface area contributed by atoms with E-state index in [1.807, 2.05) is 0 Å². The second-order valence-electron chi connectivity index (χ2n) is 5.25. The molecule has 0 fully saturated rings. The zero-order valence-corrected chi connectivity index (χ0v) is 15.5. The zero-order chi connectivity index (χ0) is 19.8. The van der Waals surface area contributed by atoms with Crippen LogP contribution in [0.15, 0.2) is 42.5 Å². The molecule has 0 aromatic heterocycles. The molecule has 0 saturated carbocycles. The minimum absolute atomic E-state index is 0.0680. The molecule has 2 rings (SSSR count). The van der Waals surface area contributed by atoms with Crippen LogP contribution in [0.25, 0.3) is 0 Å². The molecule has 9 heteroatoms. The molecule has 0 spiro atoms. The lowest BCUT2D eigenvalue weighted by atomic mass is 10.2. The van der Waals surface area contributed by atoms with Crippen LogP contribution in [-0.2, 0) is 15.3 Å². The second-order valence-corrected chi connectivity index (χ2v) is 6.23. The molecule has 0 aliphatic carbocycles. The van der Waals surface area contributed by atoms with E-state index in [1.54, 1.807) is 6.07 Å². The number of benzene rings is 2. The highest BCUT2D eigenvalue weighted by atomic mass is 32.2. The van der Waals surface area contributed by atoms with Gasteiger partial charge in [0.15, 0.2) is 5.75 Å². The molecule has 0 radical (unpaired) electrons. The SMILES string of the molecule is COC(=O)c1ccc(OC(=O)CSCc2ccc(OC)c([N+](=O)[O-])c2)cc1. The van der Waals surface area contributed by atoms with Crippen LogP contribution < -0.4 is 9.47 Å². The monoisotopic (exact) mass is 391 g/mol. The van der Waals surface area contributed by atoms with Crippen LogP contribution in [0.4, 0.5) is 5.69 Å². The molecule has 0 aliphatic rings. The predicted molar refractivity (Wildman–Crippen MR) is 99.2 cm³/mol. The molecule has 142 valence electrons. The van der Waals surface area contributed by atoms with Gasteiger partial charge in [-0.2, -0.15) is 0 Å². The Morgan fingerprint density at radius 2 is 1.81 bits per heavy atom. The molecule has 0 amide bonds. The molecule has 27 heavy (non-hydrogen) atoms. The van der Waals surface area contributed by atoms with Crippen LogP contribution in [-0.4, -0.2) is 36.8 Å². The van der Waals surface area contributed by atoms with Gasteiger partial charge >= 0.3 is 17.6 Å². The highest BCUT2D eigenvalue weighted by Gasteiger charge is 2.15. The fourth-order valence-corrected chi connectivity index (χ4v) is 2.90. The van der Waals surface area contributed by atoms with Gasteiger partial charge in [-0.05, 0) is 35.9 Å². The molecule has 0 unspecified atom stereocenters. The third-order valence-electron chi connectivity index (χ3n) is 3.44. The highest BCUT2D eigenvalue weighted by Crippen LogP contribution is 2.29. The largest absolute Gasteiger partial charge is 0.490 e. The number of carbonyl (C=O) groups excluding carboxylic acids is 2. The third-order valence-corrected chi connectivity index (χ3v) is 4.41. The maximum Gasteiger partial charge on any atom is 0.337 e. The Morgan fingerprint density at radius 3 is 2.41 bits per heavy atom. The number of carbonyl (C=O) groups is 2. The van der Waals surface area contributed by atoms with Crippen molar-refractivity contribution >= 4 is 29.4 Å². The lowest BCUT2D eigenvalue weighted by Gasteiger charge is -2.06. The lowest BCUT2D eigenvalue weighted by molar-refractivity contribution is -0.385. The van der Waals surface area contributed by atoms with E-state index < -0.39 is 16.9 Å². The van der Waals surface area contributed by atoms with Gasteiger partial charge in [0.1, 0.15) is 5.75 Å². The molecular formula is C18H17NO7S. The Hall–Kier alpha value is -3.07. The average Bonchev–Trinajstić information content (AvgIpc) is 2.67. The molecule has 0 bridgehead atoms. The summed E-state index contributed by atoms with van der Waals surface area (Å²) in [5.41, 5.74) is 0.930. The van der Waals surface area contributed by atoms with Crippen LogP contribution in [0.5, 0.6) is 11.5 Å². The van der Waals surface area contributed by atoms with E-state index in [4.69, 9.17) is 9.47 Å². The predicted octanol–water partition coefficient (Wildman–Crippen LogP) is 3.23. The number of hydrogen-bond donors (Lipinski definition) is 0. The topological polar surface area (TPSA) is 105 Å². The number of rotatable bonds is 8. The Morgan fingerprint density at radius 1 is 1.11 bits per heavy atom. The number of ether oxygens (including phenoxy) is 3. The standard InChI is InChI=1S/C18H17NO7S/c1-24-16-8-3-12(9-15(16)19(22)23)10-27-11-17(20)26-14-6-4-13(5-7-14)18(21)25-2/h3-9H,10-11H2,1-2H3. The smallest absolute Gasteiger partial charge is 0.337 e. The first-order valence-corrected chi connectivity index (χ1v) is 8.88. The third kappa shape index (κ3) is 5.71. The fourth-order valence-electron chi connectivity index (χ4n) is 2.16. The van der Waals surface area contributed by atoms with Crippen LogP contribution in [0.3, 0.4) is 0 Å². The fraction of sp³-hybridized carbons (Fsp3) is 0.222. The van der Waals surface area contributed by atoms with E-state index in [1.165, 1.54) is 62.4 Å². The maximum absolute atomic E-state index is 11.9. The average molecular weight is 391 g/mol. The first-order chi connectivity index (χ1) is 12.9. The van der Waals surface area contributed by atoms with Crippen molar-refractivity contribution in [3.8, 4) is 11.5 Å². The summed E-state index contributed by atoms with van der Waals surface area (Å²) in [5, 5.41) is 11.0. The number of nitro benzene ring substituents is 1. The Kier molecular flexibility index (Phi) is 7.18. The number of methoxy groups -OCH3 is 2. The lowest BCUT2D eigenvalue weighted by Crippen LogP contribution is -2.11. The van der Waals surface area contributed by atoms with E-state index in [-0.39, 0.29) is 17.2 Å². The Labute approximate surface area is 159 Å². The van der Waals surface area contributed by atoms with Gasteiger partial charge in [-0.3, -0.25) is 14.9 Å². The summed E-state index contributed by atoms with van der Waals surface area (Å²) in [6, 6.07) is 10.6. The summed E-state index contributed by atoms with van der Waals surface area (Å²) in [5.74, 6) is 0.0301. The van der Waals surface area contributed by atoms with E-state index in [0.717, 1.165) is 0 Å². The summed E-state index contributed by atoms with van der Waals surface area (Å²) < 4.78 is 14.7. The maximum atomic E-state index is 11.9. The van der Waals surface area contributed by atoms with E-state index in [0.29, 0.717) is 22.6 Å². The Bertz CT molecular complexity index is 836. The van der Waals surface area contributed by atoms with E-state index in [2.05, 4.69) is 4.74 Å². The molecule has 0 saturated heterocycles. The van der Waals surface area contributed by atoms with Crippen molar-refractivity contribution in [2.24, 2.45) is 0 Å². The summed E-state index contributed by atoms with van der Waals surface area (Å²) in [6.45, 7) is 0. The molecular weight excluding hydrogens is 374 g/mol. The first kappa shape index (κ1) is 20.2. The zero-order valence-electron chi connectivity index (χ0n) is 14.7. The number of thioether (sulfide) groups is 1. The molecule has 8 nitrogen and oxygen atoms in total. The molecule has 0 heterocycles. The van der Waals surface area contributed by atoms with Crippen molar-refractivity contribution in [3.05, 3.63) is 63.7 Å². The highest BCUT2D eigenvalue weighted by molar-refractivity contribution is 7.99. The van der Waals surface area contributed by atoms with Gasteiger partial charge in [0, 0.05) is 11.8 Å². The summed E-state index contributed by atoms with van der Waals surface area (Å²) in [4.78, 5) is 33.7. The summed E-state index contributed by atoms with van der Waals surface area (Å²) >= 11 is 1.27. The number of nitrogens with zero attached hydrogens (tertiary/aromatic N) is 1. The van der Waals surface area contributed by atoms with Crippen LogP contribution in [0.1, 0.15) is 15.9 Å². The van der Waals surface area contributed by atoms with Gasteiger partial charge in [0.2, 0.25) is 0 Å². The number of nitro groups is 1. The van der Waals surface area contributed by atoms with Gasteiger partial charge in [-0.15, -0.1) is 11.8 Å². The molecule has 2 aromatic rings. The quantitative estimate of drug-likeness (QED) is 0.292.